The van der Waals surface area contributed by atoms with E-state index in [0.717, 1.165) is 18.4 Å². The topological polar surface area (TPSA) is 140 Å². The number of aliphatic carboxylic acids is 1. The highest BCUT2D eigenvalue weighted by Gasteiger charge is 2.23. The van der Waals surface area contributed by atoms with E-state index in [9.17, 15) is 19.5 Å². The molecular weight excluding hydrogens is 354 g/mol. The molecule has 2 amide bonds. The van der Waals surface area contributed by atoms with E-state index >= 15 is 0 Å². The summed E-state index contributed by atoms with van der Waals surface area (Å²) in [6.45, 7) is 5.36. The van der Waals surface area contributed by atoms with Crippen LogP contribution in [-0.2, 0) is 14.3 Å². The van der Waals surface area contributed by atoms with E-state index in [-0.39, 0.29) is 19.6 Å². The van der Waals surface area contributed by atoms with Crippen LogP contribution in [0, 0.1) is 0 Å². The van der Waals surface area contributed by atoms with Crippen molar-refractivity contribution in [3.05, 3.63) is 23.4 Å². The number of nitrogens with one attached hydrogen (secondary N) is 2. The Balaban J connectivity index is 2.29. The van der Waals surface area contributed by atoms with Crippen molar-refractivity contribution in [1.82, 2.24) is 10.6 Å². The Morgan fingerprint density at radius 3 is 2.59 bits per heavy atom. The lowest BCUT2D eigenvalue weighted by Gasteiger charge is -2.22. The third-order valence-electron chi connectivity index (χ3n) is 3.60. The summed E-state index contributed by atoms with van der Waals surface area (Å²) in [6.07, 6.45) is 4.50. The van der Waals surface area contributed by atoms with Gasteiger partial charge in [0, 0.05) is 17.8 Å². The summed E-state index contributed by atoms with van der Waals surface area (Å²) in [4.78, 5) is 34.6. The maximum absolute atomic E-state index is 11.7. The van der Waals surface area contributed by atoms with Gasteiger partial charge in [-0.05, 0) is 46.5 Å². The van der Waals surface area contributed by atoms with Crippen molar-refractivity contribution < 1.29 is 29.0 Å². The smallest absolute Gasteiger partial charge is 0.408 e. The Bertz CT molecular complexity index is 607. The highest BCUT2D eigenvalue weighted by atomic mass is 16.6. The third-order valence-corrected chi connectivity index (χ3v) is 3.60. The van der Waals surface area contributed by atoms with E-state index in [1.807, 2.05) is 12.2 Å². The van der Waals surface area contributed by atoms with E-state index in [4.69, 9.17) is 15.2 Å². The standard InChI is InChI=1S/C18H29N3O6/c1-18(2,3)27-17(25)21-14(15(22)23)9-6-10-20-16(24)26-11-12-7-4-5-8-13(12)19/h4,7,14H,5-6,8-11,19H2,1-3H3,(H,20,24)(H,21,25)(H,22,23). The highest BCUT2D eigenvalue weighted by molar-refractivity contribution is 5.80. The number of hydrogen-bond donors (Lipinski definition) is 4. The van der Waals surface area contributed by atoms with Crippen molar-refractivity contribution in [3.8, 4) is 0 Å². The lowest BCUT2D eigenvalue weighted by Crippen LogP contribution is -2.43. The molecule has 152 valence electrons. The zero-order valence-electron chi connectivity index (χ0n) is 16.0. The second-order valence-corrected chi connectivity index (χ2v) is 7.17. The van der Waals surface area contributed by atoms with Gasteiger partial charge in [-0.1, -0.05) is 12.2 Å². The van der Waals surface area contributed by atoms with E-state index in [0.29, 0.717) is 12.1 Å². The molecule has 1 aliphatic rings. The first-order valence-corrected chi connectivity index (χ1v) is 8.85. The predicted octanol–water partition coefficient (Wildman–Crippen LogP) is 2.03. The Morgan fingerprint density at radius 2 is 2.00 bits per heavy atom. The Labute approximate surface area is 159 Å². The molecule has 0 saturated carbocycles. The monoisotopic (exact) mass is 383 g/mol. The number of carboxylic acids is 1. The van der Waals surface area contributed by atoms with Gasteiger partial charge in [0.15, 0.2) is 0 Å². The fourth-order valence-corrected chi connectivity index (χ4v) is 2.27. The molecule has 0 aromatic carbocycles. The Kier molecular flexibility index (Phi) is 8.64. The largest absolute Gasteiger partial charge is 0.480 e. The molecule has 1 rings (SSSR count). The summed E-state index contributed by atoms with van der Waals surface area (Å²) in [5.41, 5.74) is 6.62. The van der Waals surface area contributed by atoms with Gasteiger partial charge in [0.1, 0.15) is 18.2 Å². The number of hydrogen-bond acceptors (Lipinski definition) is 6. The molecule has 9 nitrogen and oxygen atoms in total. The normalized spacial score (nSPS) is 15.1. The van der Waals surface area contributed by atoms with Crippen molar-refractivity contribution in [2.45, 2.75) is 58.1 Å². The molecule has 1 aliphatic carbocycles. The van der Waals surface area contributed by atoms with Crippen LogP contribution in [0.1, 0.15) is 46.5 Å². The Hall–Kier alpha value is -2.71. The number of amides is 2. The van der Waals surface area contributed by atoms with Crippen LogP contribution in [-0.4, -0.2) is 48.1 Å². The minimum Gasteiger partial charge on any atom is -0.480 e. The van der Waals surface area contributed by atoms with Crippen LogP contribution in [0.15, 0.2) is 23.4 Å². The minimum absolute atomic E-state index is 0.0894. The molecule has 0 fully saturated rings. The summed E-state index contributed by atoms with van der Waals surface area (Å²) in [5, 5.41) is 14.0. The SMILES string of the molecule is CC(C)(C)OC(=O)NC(CCCNC(=O)OCC1=C(N)CCC=C1)C(=O)O. The molecule has 0 radical (unpaired) electrons. The number of carboxylic acid groups (broad SMARTS) is 1. The van der Waals surface area contributed by atoms with E-state index in [1.165, 1.54) is 0 Å². The van der Waals surface area contributed by atoms with Crippen molar-refractivity contribution >= 4 is 18.2 Å². The molecule has 9 heteroatoms. The number of carbonyl (C=O) groups excluding carboxylic acids is 2. The number of alkyl carbamates (subject to hydrolysis) is 2. The van der Waals surface area contributed by atoms with Gasteiger partial charge in [-0.15, -0.1) is 0 Å². The summed E-state index contributed by atoms with van der Waals surface area (Å²) >= 11 is 0. The van der Waals surface area contributed by atoms with Crippen molar-refractivity contribution in [3.63, 3.8) is 0 Å². The molecule has 5 N–H and O–H groups in total. The van der Waals surface area contributed by atoms with Gasteiger partial charge < -0.3 is 30.9 Å². The zero-order chi connectivity index (χ0) is 20.4. The molecule has 0 aromatic rings. The maximum atomic E-state index is 11.7. The first-order chi connectivity index (χ1) is 12.6. The van der Waals surface area contributed by atoms with Crippen molar-refractivity contribution in [1.29, 1.82) is 0 Å². The van der Waals surface area contributed by atoms with E-state index in [1.54, 1.807) is 20.8 Å². The molecule has 0 spiro atoms. The molecular formula is C18H29N3O6. The van der Waals surface area contributed by atoms with Gasteiger partial charge >= 0.3 is 18.2 Å². The summed E-state index contributed by atoms with van der Waals surface area (Å²) in [5.74, 6) is -1.17. The van der Waals surface area contributed by atoms with Gasteiger partial charge in [-0.25, -0.2) is 14.4 Å². The van der Waals surface area contributed by atoms with Crippen LogP contribution in [0.3, 0.4) is 0 Å². The second kappa shape index (κ2) is 10.4. The van der Waals surface area contributed by atoms with E-state index in [2.05, 4.69) is 10.6 Å². The van der Waals surface area contributed by atoms with Crippen LogP contribution in [0.5, 0.6) is 0 Å². The molecule has 27 heavy (non-hydrogen) atoms. The first-order valence-electron chi connectivity index (χ1n) is 8.85. The molecule has 0 saturated heterocycles. The second-order valence-electron chi connectivity index (χ2n) is 7.17. The molecule has 0 aromatic heterocycles. The molecule has 1 atom stereocenters. The van der Waals surface area contributed by atoms with Crippen LogP contribution in [0.2, 0.25) is 0 Å². The van der Waals surface area contributed by atoms with Crippen LogP contribution >= 0.6 is 0 Å². The zero-order valence-corrected chi connectivity index (χ0v) is 16.0. The maximum Gasteiger partial charge on any atom is 0.408 e. The average molecular weight is 383 g/mol. The van der Waals surface area contributed by atoms with Gasteiger partial charge in [0.05, 0.1) is 0 Å². The number of allylic oxidation sites excluding steroid dienone is 2. The first kappa shape index (κ1) is 22.3. The molecule has 0 bridgehead atoms. The van der Waals surface area contributed by atoms with Gasteiger partial charge in [-0.2, -0.15) is 0 Å². The predicted molar refractivity (Wildman–Crippen MR) is 99.0 cm³/mol. The van der Waals surface area contributed by atoms with Crippen LogP contribution in [0.25, 0.3) is 0 Å². The summed E-state index contributed by atoms with van der Waals surface area (Å²) in [7, 11) is 0. The van der Waals surface area contributed by atoms with E-state index < -0.39 is 29.8 Å². The fraction of sp³-hybridized carbons (Fsp3) is 0.611. The highest BCUT2D eigenvalue weighted by Crippen LogP contribution is 2.14. The molecule has 0 aliphatic heterocycles. The lowest BCUT2D eigenvalue weighted by atomic mass is 10.0. The van der Waals surface area contributed by atoms with Crippen molar-refractivity contribution in [2.24, 2.45) is 5.73 Å². The number of carbonyl (C=O) groups is 3. The quantitative estimate of drug-likeness (QED) is 0.470. The summed E-state index contributed by atoms with van der Waals surface area (Å²) < 4.78 is 10.1. The minimum atomic E-state index is -1.17. The summed E-state index contributed by atoms with van der Waals surface area (Å²) in [6, 6.07) is -1.10. The third kappa shape index (κ3) is 9.53. The van der Waals surface area contributed by atoms with Gasteiger partial charge in [-0.3, -0.25) is 0 Å². The van der Waals surface area contributed by atoms with Gasteiger partial charge in [0.25, 0.3) is 0 Å². The number of nitrogens with two attached hydrogens (primary N) is 1. The number of ether oxygens (including phenoxy) is 2. The fourth-order valence-electron chi connectivity index (χ4n) is 2.27. The van der Waals surface area contributed by atoms with Gasteiger partial charge in [0.2, 0.25) is 0 Å². The lowest BCUT2D eigenvalue weighted by molar-refractivity contribution is -0.139. The van der Waals surface area contributed by atoms with Crippen molar-refractivity contribution in [2.75, 3.05) is 13.2 Å². The molecule has 1 unspecified atom stereocenters. The van der Waals surface area contributed by atoms with Crippen LogP contribution < -0.4 is 16.4 Å². The Morgan fingerprint density at radius 1 is 1.30 bits per heavy atom. The number of rotatable bonds is 8. The average Bonchev–Trinajstić information content (AvgIpc) is 2.55. The van der Waals surface area contributed by atoms with Crippen LogP contribution in [0.4, 0.5) is 9.59 Å². The molecule has 0 heterocycles.